The molecule has 100 valence electrons. The third kappa shape index (κ3) is 3.36. The molecule has 1 aliphatic rings. The van der Waals surface area contributed by atoms with Gasteiger partial charge in [0.05, 0.1) is 10.7 Å². The summed E-state index contributed by atoms with van der Waals surface area (Å²) in [5.41, 5.74) is 0.955. The van der Waals surface area contributed by atoms with Crippen molar-refractivity contribution in [3.8, 4) is 0 Å². The van der Waals surface area contributed by atoms with Crippen LogP contribution in [0.15, 0.2) is 12.1 Å². The first-order valence-corrected chi connectivity index (χ1v) is 7.11. The molecule has 1 saturated carbocycles. The van der Waals surface area contributed by atoms with Gasteiger partial charge < -0.3 is 10.2 Å². The van der Waals surface area contributed by atoms with E-state index in [1.54, 1.807) is 0 Å². The fraction of sp³-hybridized carbons (Fsp3) is 0.643. The average Bonchev–Trinajstić information content (AvgIpc) is 3.20. The lowest BCUT2D eigenvalue weighted by molar-refractivity contribution is 0.646. The van der Waals surface area contributed by atoms with Gasteiger partial charge in [-0.1, -0.05) is 18.5 Å². The molecule has 1 atom stereocenters. The zero-order valence-corrected chi connectivity index (χ0v) is 12.2. The first-order valence-electron chi connectivity index (χ1n) is 6.73. The minimum absolute atomic E-state index is 0.489. The Kier molecular flexibility index (Phi) is 4.46. The van der Waals surface area contributed by atoms with Crippen molar-refractivity contribution in [2.75, 3.05) is 11.9 Å². The smallest absolute Gasteiger partial charge is 0.128 e. The van der Waals surface area contributed by atoms with Crippen LogP contribution in [0.2, 0.25) is 5.02 Å². The number of pyridine rings is 1. The summed E-state index contributed by atoms with van der Waals surface area (Å²) in [6.07, 6.45) is 3.67. The first kappa shape index (κ1) is 13.6. The van der Waals surface area contributed by atoms with Gasteiger partial charge >= 0.3 is 0 Å². The van der Waals surface area contributed by atoms with E-state index in [1.807, 2.05) is 12.1 Å². The second-order valence-electron chi connectivity index (χ2n) is 5.12. The molecule has 2 rings (SSSR count). The number of anilines is 1. The van der Waals surface area contributed by atoms with Crippen LogP contribution in [0, 0.1) is 0 Å². The van der Waals surface area contributed by atoms with Crippen molar-refractivity contribution >= 4 is 17.4 Å². The van der Waals surface area contributed by atoms with Crippen molar-refractivity contribution in [1.29, 1.82) is 0 Å². The first-order chi connectivity index (χ1) is 8.61. The number of rotatable bonds is 6. The second-order valence-corrected chi connectivity index (χ2v) is 5.53. The maximum absolute atomic E-state index is 6.20. The van der Waals surface area contributed by atoms with Crippen LogP contribution in [0.1, 0.15) is 38.8 Å². The van der Waals surface area contributed by atoms with Crippen LogP contribution in [0.4, 0.5) is 5.82 Å². The van der Waals surface area contributed by atoms with Gasteiger partial charge in [0.15, 0.2) is 0 Å². The lowest BCUT2D eigenvalue weighted by Crippen LogP contribution is -2.29. The van der Waals surface area contributed by atoms with Gasteiger partial charge in [-0.15, -0.1) is 0 Å². The van der Waals surface area contributed by atoms with E-state index in [0.717, 1.165) is 29.5 Å². The molecular weight excluding hydrogens is 246 g/mol. The highest BCUT2D eigenvalue weighted by Crippen LogP contribution is 2.23. The maximum Gasteiger partial charge on any atom is 0.128 e. The van der Waals surface area contributed by atoms with Crippen LogP contribution in [0.3, 0.4) is 0 Å². The Bertz CT molecular complexity index is 404. The van der Waals surface area contributed by atoms with Crippen molar-refractivity contribution in [2.24, 2.45) is 0 Å². The number of hydrogen-bond donors (Lipinski definition) is 1. The van der Waals surface area contributed by atoms with E-state index in [4.69, 9.17) is 11.6 Å². The van der Waals surface area contributed by atoms with Crippen LogP contribution >= 0.6 is 11.6 Å². The van der Waals surface area contributed by atoms with E-state index >= 15 is 0 Å². The third-order valence-corrected chi connectivity index (χ3v) is 4.00. The Morgan fingerprint density at radius 1 is 1.50 bits per heavy atom. The van der Waals surface area contributed by atoms with Crippen LogP contribution in [0.5, 0.6) is 0 Å². The van der Waals surface area contributed by atoms with E-state index < -0.39 is 0 Å². The molecule has 0 radical (unpaired) electrons. The van der Waals surface area contributed by atoms with Gasteiger partial charge in [-0.25, -0.2) is 4.98 Å². The molecule has 3 nitrogen and oxygen atoms in total. The quantitative estimate of drug-likeness (QED) is 0.858. The Balaban J connectivity index is 2.08. The summed E-state index contributed by atoms with van der Waals surface area (Å²) in [5.74, 6) is 1.00. The summed E-state index contributed by atoms with van der Waals surface area (Å²) < 4.78 is 0. The van der Waals surface area contributed by atoms with Crippen LogP contribution in [-0.4, -0.2) is 24.1 Å². The van der Waals surface area contributed by atoms with Crippen LogP contribution in [0.25, 0.3) is 0 Å². The number of nitrogens with one attached hydrogen (secondary N) is 1. The predicted molar refractivity (Wildman–Crippen MR) is 77.3 cm³/mol. The number of hydrogen-bond acceptors (Lipinski definition) is 3. The number of nitrogens with zero attached hydrogens (tertiary/aromatic N) is 2. The SMILES string of the molecule is CCC(C)N(C)c1ccc(Cl)c(CNC2CC2)n1. The summed E-state index contributed by atoms with van der Waals surface area (Å²) in [6.45, 7) is 5.16. The lowest BCUT2D eigenvalue weighted by Gasteiger charge is -2.25. The zero-order valence-electron chi connectivity index (χ0n) is 11.4. The molecule has 0 aromatic carbocycles. The Morgan fingerprint density at radius 2 is 2.22 bits per heavy atom. The van der Waals surface area contributed by atoms with Crippen molar-refractivity contribution in [3.63, 3.8) is 0 Å². The molecule has 0 aliphatic heterocycles. The van der Waals surface area contributed by atoms with Gasteiger partial charge in [0.25, 0.3) is 0 Å². The lowest BCUT2D eigenvalue weighted by atomic mass is 10.2. The monoisotopic (exact) mass is 267 g/mol. The molecular formula is C14H22ClN3. The fourth-order valence-corrected chi connectivity index (χ4v) is 1.99. The number of aromatic nitrogens is 1. The Labute approximate surface area is 115 Å². The van der Waals surface area contributed by atoms with Crippen molar-refractivity contribution in [1.82, 2.24) is 10.3 Å². The summed E-state index contributed by atoms with van der Waals surface area (Å²) >= 11 is 6.20. The molecule has 1 aromatic rings. The molecule has 1 fully saturated rings. The summed E-state index contributed by atoms with van der Waals surface area (Å²) in [4.78, 5) is 6.88. The van der Waals surface area contributed by atoms with E-state index in [1.165, 1.54) is 12.8 Å². The largest absolute Gasteiger partial charge is 0.357 e. The van der Waals surface area contributed by atoms with E-state index in [0.29, 0.717) is 12.1 Å². The van der Waals surface area contributed by atoms with Crippen molar-refractivity contribution in [3.05, 3.63) is 22.8 Å². The van der Waals surface area contributed by atoms with Gasteiger partial charge in [-0.05, 0) is 38.3 Å². The molecule has 0 amide bonds. The minimum atomic E-state index is 0.489. The van der Waals surface area contributed by atoms with E-state index in [-0.39, 0.29) is 0 Å². The molecule has 1 aliphatic carbocycles. The van der Waals surface area contributed by atoms with Gasteiger partial charge in [-0.2, -0.15) is 0 Å². The number of halogens is 1. The molecule has 1 unspecified atom stereocenters. The zero-order chi connectivity index (χ0) is 13.1. The molecule has 0 saturated heterocycles. The Hall–Kier alpha value is -0.800. The average molecular weight is 268 g/mol. The van der Waals surface area contributed by atoms with Gasteiger partial charge in [-0.3, -0.25) is 0 Å². The molecule has 18 heavy (non-hydrogen) atoms. The molecule has 1 N–H and O–H groups in total. The van der Waals surface area contributed by atoms with E-state index in [2.05, 4.69) is 36.1 Å². The summed E-state index contributed by atoms with van der Waals surface area (Å²) in [5, 5.41) is 4.21. The van der Waals surface area contributed by atoms with Crippen LogP contribution < -0.4 is 10.2 Å². The standard InChI is InChI=1S/C14H22ClN3/c1-4-10(2)18(3)14-8-7-12(15)13(17-14)9-16-11-5-6-11/h7-8,10-11,16H,4-6,9H2,1-3H3. The van der Waals surface area contributed by atoms with Gasteiger partial charge in [0.2, 0.25) is 0 Å². The normalized spacial score (nSPS) is 16.7. The maximum atomic E-state index is 6.20. The van der Waals surface area contributed by atoms with Crippen molar-refractivity contribution < 1.29 is 0 Å². The third-order valence-electron chi connectivity index (χ3n) is 3.65. The molecule has 0 bridgehead atoms. The Morgan fingerprint density at radius 3 is 2.83 bits per heavy atom. The summed E-state index contributed by atoms with van der Waals surface area (Å²) in [6, 6.07) is 5.11. The highest BCUT2D eigenvalue weighted by Gasteiger charge is 2.21. The fourth-order valence-electron chi connectivity index (χ4n) is 1.82. The van der Waals surface area contributed by atoms with Crippen molar-refractivity contribution in [2.45, 2.75) is 51.7 Å². The molecule has 1 aromatic heterocycles. The predicted octanol–water partition coefficient (Wildman–Crippen LogP) is 3.22. The highest BCUT2D eigenvalue weighted by atomic mass is 35.5. The summed E-state index contributed by atoms with van der Waals surface area (Å²) in [7, 11) is 2.09. The molecule has 1 heterocycles. The molecule has 0 spiro atoms. The second kappa shape index (κ2) is 5.89. The highest BCUT2D eigenvalue weighted by molar-refractivity contribution is 6.31. The minimum Gasteiger partial charge on any atom is -0.357 e. The van der Waals surface area contributed by atoms with E-state index in [9.17, 15) is 0 Å². The topological polar surface area (TPSA) is 28.2 Å². The van der Waals surface area contributed by atoms with Crippen LogP contribution in [-0.2, 0) is 6.54 Å². The molecule has 4 heteroatoms. The van der Waals surface area contributed by atoms with Gasteiger partial charge in [0, 0.05) is 25.7 Å². The van der Waals surface area contributed by atoms with Gasteiger partial charge in [0.1, 0.15) is 5.82 Å².